The fourth-order valence-corrected chi connectivity index (χ4v) is 6.67. The Morgan fingerprint density at radius 1 is 0.977 bits per heavy atom. The molecule has 1 saturated carbocycles. The molecule has 9 heteroatoms. The monoisotopic (exact) mass is 632 g/mol. The molecule has 0 aromatic heterocycles. The first kappa shape index (κ1) is 34.6. The fraction of sp³-hybridized carbons (Fsp3) is 0.657. The molecule has 1 aromatic carbocycles. The molecule has 2 saturated heterocycles. The summed E-state index contributed by atoms with van der Waals surface area (Å²) in [6.45, 7) is 1.97. The summed E-state index contributed by atoms with van der Waals surface area (Å²) >= 11 is 6.91. The molecule has 6 atom stereocenters. The minimum atomic E-state index is -0.793. The maximum Gasteiger partial charge on any atom is 0.374 e. The summed E-state index contributed by atoms with van der Waals surface area (Å²) in [4.78, 5) is 23.1. The van der Waals surface area contributed by atoms with Crippen LogP contribution in [0.15, 0.2) is 42.5 Å². The fourth-order valence-electron chi connectivity index (χ4n) is 6.22. The summed E-state index contributed by atoms with van der Waals surface area (Å²) in [6.07, 6.45) is 18.3. The zero-order valence-electron chi connectivity index (χ0n) is 26.3. The molecular weight excluding hydrogens is 584 g/mol. The van der Waals surface area contributed by atoms with Gasteiger partial charge in [0.05, 0.1) is 26.4 Å². The smallest absolute Gasteiger partial charge is 0.374 e. The maximum atomic E-state index is 11.7. The van der Waals surface area contributed by atoms with Crippen molar-refractivity contribution >= 4 is 23.4 Å². The van der Waals surface area contributed by atoms with Crippen LogP contribution in [0.5, 0.6) is 5.75 Å². The molecular formula is C35H49ClO8. The van der Waals surface area contributed by atoms with Crippen LogP contribution in [0.3, 0.4) is 0 Å². The molecule has 8 nitrogen and oxygen atoms in total. The number of rotatable bonds is 16. The lowest BCUT2D eigenvalue weighted by Crippen LogP contribution is -2.30. The van der Waals surface area contributed by atoms with E-state index >= 15 is 0 Å². The van der Waals surface area contributed by atoms with E-state index in [9.17, 15) is 9.59 Å². The Kier molecular flexibility index (Phi) is 14.7. The molecule has 3 fully saturated rings. The van der Waals surface area contributed by atoms with Crippen LogP contribution in [0.25, 0.3) is 0 Å². The van der Waals surface area contributed by atoms with Crippen molar-refractivity contribution in [1.29, 1.82) is 0 Å². The van der Waals surface area contributed by atoms with Gasteiger partial charge in [0.2, 0.25) is 5.78 Å². The SMILES string of the molecule is COCc1cc(CCC=C[C@@H]2[C@@H](CC=CCCC(=O)C(=O)OC)[C@H](Cl)C[C@H]2OC2CCCCO2)ccc1OC1CCCCO1. The second-order valence-corrected chi connectivity index (χ2v) is 12.4. The van der Waals surface area contributed by atoms with E-state index in [0.717, 1.165) is 88.7 Å². The van der Waals surface area contributed by atoms with Crippen LogP contribution in [0.4, 0.5) is 0 Å². The zero-order valence-corrected chi connectivity index (χ0v) is 27.0. The molecule has 2 heterocycles. The van der Waals surface area contributed by atoms with Crippen molar-refractivity contribution in [3.63, 3.8) is 0 Å². The minimum absolute atomic E-state index is 0.0112. The van der Waals surface area contributed by atoms with Crippen molar-refractivity contribution in [2.24, 2.45) is 11.8 Å². The second kappa shape index (κ2) is 18.7. The highest BCUT2D eigenvalue weighted by molar-refractivity contribution is 6.33. The quantitative estimate of drug-likeness (QED) is 0.0846. The van der Waals surface area contributed by atoms with Gasteiger partial charge in [-0.3, -0.25) is 4.79 Å². The van der Waals surface area contributed by atoms with Crippen molar-refractivity contribution in [3.05, 3.63) is 53.6 Å². The lowest BCUT2D eigenvalue weighted by atomic mass is 9.90. The number of hydrogen-bond acceptors (Lipinski definition) is 8. The van der Waals surface area contributed by atoms with E-state index in [1.165, 1.54) is 12.7 Å². The van der Waals surface area contributed by atoms with Gasteiger partial charge >= 0.3 is 5.97 Å². The predicted octanol–water partition coefficient (Wildman–Crippen LogP) is 6.85. The van der Waals surface area contributed by atoms with Gasteiger partial charge < -0.3 is 28.4 Å². The van der Waals surface area contributed by atoms with Crippen LogP contribution in [0, 0.1) is 11.8 Å². The van der Waals surface area contributed by atoms with Crippen LogP contribution in [-0.2, 0) is 46.3 Å². The largest absolute Gasteiger partial charge is 0.465 e. The van der Waals surface area contributed by atoms with Crippen LogP contribution in [0.2, 0.25) is 0 Å². The number of carbonyl (C=O) groups excluding carboxylic acids is 2. The van der Waals surface area contributed by atoms with Gasteiger partial charge in [-0.2, -0.15) is 0 Å². The number of alkyl halides is 1. The second-order valence-electron chi connectivity index (χ2n) is 11.9. The van der Waals surface area contributed by atoms with Gasteiger partial charge in [0, 0.05) is 43.4 Å². The highest BCUT2D eigenvalue weighted by Gasteiger charge is 2.42. The van der Waals surface area contributed by atoms with Crippen LogP contribution in [0.1, 0.15) is 81.8 Å². The number of carbonyl (C=O) groups is 2. The van der Waals surface area contributed by atoms with Gasteiger partial charge in [-0.05, 0) is 87.8 Å². The third kappa shape index (κ3) is 10.7. The molecule has 0 spiro atoms. The molecule has 0 radical (unpaired) electrons. The summed E-state index contributed by atoms with van der Waals surface area (Å²) in [5.74, 6) is -0.128. The molecule has 2 aliphatic heterocycles. The number of allylic oxidation sites excluding steroid dienone is 3. The van der Waals surface area contributed by atoms with Gasteiger partial charge in [-0.15, -0.1) is 11.6 Å². The number of ether oxygens (including phenoxy) is 6. The molecule has 0 amide bonds. The number of Topliss-reactive ketones (excluding diaryl/α,β-unsaturated/α-hetero) is 1. The summed E-state index contributed by atoms with van der Waals surface area (Å²) in [6, 6.07) is 6.33. The first-order valence-corrected chi connectivity index (χ1v) is 16.6. The highest BCUT2D eigenvalue weighted by atomic mass is 35.5. The average Bonchev–Trinajstić information content (AvgIpc) is 3.33. The number of methoxy groups -OCH3 is 2. The van der Waals surface area contributed by atoms with Gasteiger partial charge in [0.15, 0.2) is 12.6 Å². The summed E-state index contributed by atoms with van der Waals surface area (Å²) in [5, 5.41) is -0.0307. The molecule has 0 bridgehead atoms. The van der Waals surface area contributed by atoms with Crippen molar-refractivity contribution in [1.82, 2.24) is 0 Å². The van der Waals surface area contributed by atoms with Crippen LogP contribution in [-0.4, -0.2) is 63.2 Å². The number of halogens is 1. The van der Waals surface area contributed by atoms with E-state index in [0.29, 0.717) is 13.0 Å². The predicted molar refractivity (Wildman–Crippen MR) is 169 cm³/mol. The van der Waals surface area contributed by atoms with Crippen LogP contribution >= 0.6 is 11.6 Å². The summed E-state index contributed by atoms with van der Waals surface area (Å²) < 4.78 is 34.3. The maximum absolute atomic E-state index is 11.7. The Labute approximate surface area is 267 Å². The molecule has 1 aromatic rings. The van der Waals surface area contributed by atoms with E-state index in [-0.39, 0.29) is 42.3 Å². The van der Waals surface area contributed by atoms with Crippen molar-refractivity contribution in [3.8, 4) is 5.75 Å². The molecule has 244 valence electrons. The van der Waals surface area contributed by atoms with E-state index in [4.69, 9.17) is 35.3 Å². The lowest BCUT2D eigenvalue weighted by molar-refractivity contribution is -0.192. The van der Waals surface area contributed by atoms with Gasteiger partial charge in [-0.1, -0.05) is 30.4 Å². The zero-order chi connectivity index (χ0) is 31.1. The number of esters is 1. The molecule has 2 unspecified atom stereocenters. The molecule has 3 aliphatic rings. The summed E-state index contributed by atoms with van der Waals surface area (Å²) in [7, 11) is 2.92. The molecule has 44 heavy (non-hydrogen) atoms. The Hall–Kier alpha value is -2.23. The Balaban J connectivity index is 1.36. The van der Waals surface area contributed by atoms with Crippen molar-refractivity contribution in [2.45, 2.75) is 108 Å². The number of benzene rings is 1. The van der Waals surface area contributed by atoms with E-state index in [1.807, 2.05) is 12.1 Å². The van der Waals surface area contributed by atoms with Gasteiger partial charge in [0.25, 0.3) is 0 Å². The highest BCUT2D eigenvalue weighted by Crippen LogP contribution is 2.42. The van der Waals surface area contributed by atoms with E-state index in [2.05, 4.69) is 35.1 Å². The van der Waals surface area contributed by atoms with Crippen LogP contribution < -0.4 is 4.74 Å². The normalized spacial score (nSPS) is 27.6. The lowest BCUT2D eigenvalue weighted by Gasteiger charge is -2.29. The van der Waals surface area contributed by atoms with Crippen molar-refractivity contribution < 1.29 is 38.0 Å². The average molecular weight is 633 g/mol. The van der Waals surface area contributed by atoms with Gasteiger partial charge in [0.1, 0.15) is 5.75 Å². The topological polar surface area (TPSA) is 89.5 Å². The Morgan fingerprint density at radius 3 is 2.45 bits per heavy atom. The molecule has 0 N–H and O–H groups in total. The third-order valence-corrected chi connectivity index (χ3v) is 9.12. The molecule has 4 rings (SSSR count). The molecule has 1 aliphatic carbocycles. The first-order valence-electron chi connectivity index (χ1n) is 16.2. The number of aryl methyl sites for hydroxylation is 1. The first-order chi connectivity index (χ1) is 21.5. The number of hydrogen-bond donors (Lipinski definition) is 0. The van der Waals surface area contributed by atoms with E-state index < -0.39 is 11.8 Å². The Bertz CT molecular complexity index is 1090. The minimum Gasteiger partial charge on any atom is -0.465 e. The van der Waals surface area contributed by atoms with Crippen molar-refractivity contribution in [2.75, 3.05) is 27.4 Å². The van der Waals surface area contributed by atoms with E-state index in [1.54, 1.807) is 7.11 Å². The number of ketones is 1. The van der Waals surface area contributed by atoms with Gasteiger partial charge in [-0.25, -0.2) is 4.79 Å². The standard InChI is InChI=1S/C35H49ClO8/c1-39-24-26-22-25(18-19-31(26)43-33-16-8-10-20-41-33)12-6-7-14-28-27(13-4-3-5-15-30(37)35(38)40-2)29(36)23-32(28)44-34-17-9-11-21-42-34/h3-4,7,14,18-19,22,27-29,32-34H,5-6,8-13,15-17,20-21,23-24H2,1-2H3/t27-,28-,29-,32-,33?,34?/m1/s1. The third-order valence-electron chi connectivity index (χ3n) is 8.62. The summed E-state index contributed by atoms with van der Waals surface area (Å²) in [5.41, 5.74) is 2.26. The Morgan fingerprint density at radius 2 is 1.75 bits per heavy atom.